The van der Waals surface area contributed by atoms with E-state index >= 15 is 0 Å². The van der Waals surface area contributed by atoms with Gasteiger partial charge in [0.25, 0.3) is 0 Å². The minimum absolute atomic E-state index is 0.178. The molecule has 0 aliphatic carbocycles. The fourth-order valence-electron chi connectivity index (χ4n) is 1.88. The van der Waals surface area contributed by atoms with Gasteiger partial charge in [-0.15, -0.1) is 0 Å². The molecule has 0 aromatic carbocycles. The fraction of sp³-hybridized carbons (Fsp3) is 0.583. The number of ether oxygens (including phenoxy) is 1. The second-order valence-electron chi connectivity index (χ2n) is 4.33. The van der Waals surface area contributed by atoms with Gasteiger partial charge in [0.05, 0.1) is 18.4 Å². The first-order valence-electron chi connectivity index (χ1n) is 6.26. The first-order valence-corrected chi connectivity index (χ1v) is 6.26. The smallest absolute Gasteiger partial charge is 0.228 e. The molecule has 2 aromatic heterocycles. The van der Waals surface area contributed by atoms with Gasteiger partial charge in [-0.25, -0.2) is 0 Å². The van der Waals surface area contributed by atoms with Gasteiger partial charge in [0, 0.05) is 32.8 Å². The van der Waals surface area contributed by atoms with Gasteiger partial charge >= 0.3 is 0 Å². The van der Waals surface area contributed by atoms with E-state index in [1.54, 1.807) is 18.0 Å². The number of likely N-dealkylation sites (N-methyl/N-ethyl adjacent to an activating group) is 1. The van der Waals surface area contributed by atoms with Gasteiger partial charge in [0.2, 0.25) is 11.7 Å². The molecule has 1 N–H and O–H groups in total. The Morgan fingerprint density at radius 3 is 3.00 bits per heavy atom. The molecule has 0 saturated heterocycles. The number of rotatable bonds is 7. The second-order valence-corrected chi connectivity index (χ2v) is 4.33. The Labute approximate surface area is 111 Å². The summed E-state index contributed by atoms with van der Waals surface area (Å²) in [6.07, 6.45) is 4.21. The van der Waals surface area contributed by atoms with Crippen LogP contribution in [0, 0.1) is 0 Å². The molecule has 7 heteroatoms. The van der Waals surface area contributed by atoms with Crippen LogP contribution in [0.15, 0.2) is 16.9 Å². The summed E-state index contributed by atoms with van der Waals surface area (Å²) in [4.78, 5) is 4.37. The van der Waals surface area contributed by atoms with E-state index in [9.17, 15) is 0 Å². The molecule has 0 radical (unpaired) electrons. The first-order chi connectivity index (χ1) is 9.22. The predicted molar refractivity (Wildman–Crippen MR) is 69.5 cm³/mol. The van der Waals surface area contributed by atoms with Crippen LogP contribution in [0.3, 0.4) is 0 Å². The highest BCUT2D eigenvalue weighted by Crippen LogP contribution is 2.14. The van der Waals surface area contributed by atoms with Crippen molar-refractivity contribution in [3.8, 4) is 11.4 Å². The van der Waals surface area contributed by atoms with Gasteiger partial charge in [0.15, 0.2) is 0 Å². The Bertz CT molecular complexity index is 502. The third kappa shape index (κ3) is 3.62. The molecule has 7 nitrogen and oxygen atoms in total. The lowest BCUT2D eigenvalue weighted by molar-refractivity contribution is 0.162. The normalized spacial score (nSPS) is 12.8. The minimum atomic E-state index is 0.178. The number of hydrogen-bond donors (Lipinski definition) is 1. The van der Waals surface area contributed by atoms with Crippen molar-refractivity contribution < 1.29 is 9.26 Å². The van der Waals surface area contributed by atoms with E-state index in [0.717, 1.165) is 12.1 Å². The van der Waals surface area contributed by atoms with Crippen molar-refractivity contribution in [2.24, 2.45) is 7.05 Å². The van der Waals surface area contributed by atoms with E-state index < -0.39 is 0 Å². The Balaban J connectivity index is 2.03. The van der Waals surface area contributed by atoms with Crippen LogP contribution in [0.4, 0.5) is 0 Å². The van der Waals surface area contributed by atoms with Gasteiger partial charge in [-0.05, 0) is 6.54 Å². The molecule has 0 spiro atoms. The van der Waals surface area contributed by atoms with Crippen molar-refractivity contribution in [2.75, 3.05) is 20.3 Å². The van der Waals surface area contributed by atoms with Crippen LogP contribution < -0.4 is 5.32 Å². The van der Waals surface area contributed by atoms with E-state index in [1.807, 2.05) is 13.2 Å². The standard InChI is InChI=1S/C12H19N5O2/c1-4-13-10(8-18-3)5-11-15-12(16-19-11)9-6-14-17(2)7-9/h6-7,10,13H,4-5,8H2,1-3H3. The van der Waals surface area contributed by atoms with Crippen LogP contribution >= 0.6 is 0 Å². The fourth-order valence-corrected chi connectivity index (χ4v) is 1.88. The molecule has 0 aliphatic heterocycles. The highest BCUT2D eigenvalue weighted by molar-refractivity contribution is 5.50. The maximum Gasteiger partial charge on any atom is 0.228 e. The maximum absolute atomic E-state index is 5.26. The van der Waals surface area contributed by atoms with Crippen molar-refractivity contribution >= 4 is 0 Å². The summed E-state index contributed by atoms with van der Waals surface area (Å²) in [6, 6.07) is 0.178. The molecule has 0 saturated carbocycles. The van der Waals surface area contributed by atoms with Crippen LogP contribution in [-0.2, 0) is 18.2 Å². The van der Waals surface area contributed by atoms with Gasteiger partial charge in [-0.3, -0.25) is 4.68 Å². The number of hydrogen-bond acceptors (Lipinski definition) is 6. The highest BCUT2D eigenvalue weighted by atomic mass is 16.5. The minimum Gasteiger partial charge on any atom is -0.383 e. The lowest BCUT2D eigenvalue weighted by Gasteiger charge is -2.14. The summed E-state index contributed by atoms with van der Waals surface area (Å²) < 4.78 is 12.1. The van der Waals surface area contributed by atoms with Gasteiger partial charge in [-0.2, -0.15) is 10.1 Å². The summed E-state index contributed by atoms with van der Waals surface area (Å²) in [5, 5.41) is 11.4. The zero-order valence-electron chi connectivity index (χ0n) is 11.5. The first kappa shape index (κ1) is 13.7. The number of methoxy groups -OCH3 is 1. The summed E-state index contributed by atoms with van der Waals surface area (Å²) in [7, 11) is 3.53. The Morgan fingerprint density at radius 2 is 2.37 bits per heavy atom. The molecule has 2 rings (SSSR count). The molecule has 0 fully saturated rings. The van der Waals surface area contributed by atoms with E-state index in [4.69, 9.17) is 9.26 Å². The van der Waals surface area contributed by atoms with Gasteiger partial charge in [0.1, 0.15) is 0 Å². The van der Waals surface area contributed by atoms with Crippen molar-refractivity contribution in [1.82, 2.24) is 25.2 Å². The third-order valence-corrected chi connectivity index (χ3v) is 2.71. The summed E-state index contributed by atoms with van der Waals surface area (Å²) >= 11 is 0. The Kier molecular flexibility index (Phi) is 4.64. The number of aryl methyl sites for hydroxylation is 1. The van der Waals surface area contributed by atoms with E-state index in [2.05, 4.69) is 27.5 Å². The summed E-state index contributed by atoms with van der Waals surface area (Å²) in [5.74, 6) is 1.16. The molecule has 0 bridgehead atoms. The average Bonchev–Trinajstić information content (AvgIpc) is 2.99. The van der Waals surface area contributed by atoms with E-state index in [-0.39, 0.29) is 6.04 Å². The number of nitrogens with zero attached hydrogens (tertiary/aromatic N) is 4. The zero-order valence-corrected chi connectivity index (χ0v) is 11.5. The highest BCUT2D eigenvalue weighted by Gasteiger charge is 2.15. The molecule has 2 heterocycles. The zero-order chi connectivity index (χ0) is 13.7. The third-order valence-electron chi connectivity index (χ3n) is 2.71. The Hall–Kier alpha value is -1.73. The van der Waals surface area contributed by atoms with E-state index in [0.29, 0.717) is 24.7 Å². The second kappa shape index (κ2) is 6.44. The molecule has 0 amide bonds. The van der Waals surface area contributed by atoms with Crippen LogP contribution in [-0.4, -0.2) is 46.2 Å². The summed E-state index contributed by atoms with van der Waals surface area (Å²) in [5.41, 5.74) is 0.851. The van der Waals surface area contributed by atoms with Crippen molar-refractivity contribution in [2.45, 2.75) is 19.4 Å². The average molecular weight is 265 g/mol. The molecule has 104 valence electrons. The SMILES string of the molecule is CCNC(COC)Cc1nc(-c2cnn(C)c2)no1. The quantitative estimate of drug-likeness (QED) is 0.791. The maximum atomic E-state index is 5.26. The molecular formula is C12H19N5O2. The molecule has 1 atom stereocenters. The van der Waals surface area contributed by atoms with Crippen LogP contribution in [0.2, 0.25) is 0 Å². The molecule has 2 aromatic rings. The molecule has 19 heavy (non-hydrogen) atoms. The predicted octanol–water partition coefficient (Wildman–Crippen LogP) is 0.637. The monoisotopic (exact) mass is 265 g/mol. The van der Waals surface area contributed by atoms with Gasteiger partial charge < -0.3 is 14.6 Å². The molecular weight excluding hydrogens is 246 g/mol. The van der Waals surface area contributed by atoms with Crippen molar-refractivity contribution in [3.05, 3.63) is 18.3 Å². The van der Waals surface area contributed by atoms with Crippen LogP contribution in [0.25, 0.3) is 11.4 Å². The van der Waals surface area contributed by atoms with Crippen molar-refractivity contribution in [3.63, 3.8) is 0 Å². The van der Waals surface area contributed by atoms with Gasteiger partial charge in [-0.1, -0.05) is 12.1 Å². The summed E-state index contributed by atoms with van der Waals surface area (Å²) in [6.45, 7) is 3.54. The van der Waals surface area contributed by atoms with E-state index in [1.165, 1.54) is 0 Å². The molecule has 0 aliphatic rings. The topological polar surface area (TPSA) is 78.0 Å². The van der Waals surface area contributed by atoms with Crippen LogP contribution in [0.5, 0.6) is 0 Å². The molecule has 1 unspecified atom stereocenters. The number of nitrogens with one attached hydrogen (secondary N) is 1. The largest absolute Gasteiger partial charge is 0.383 e. The lowest BCUT2D eigenvalue weighted by Crippen LogP contribution is -2.35. The lowest BCUT2D eigenvalue weighted by atomic mass is 10.2. The van der Waals surface area contributed by atoms with Crippen LogP contribution in [0.1, 0.15) is 12.8 Å². The Morgan fingerprint density at radius 1 is 1.53 bits per heavy atom. The number of aromatic nitrogens is 4. The van der Waals surface area contributed by atoms with Crippen molar-refractivity contribution in [1.29, 1.82) is 0 Å².